The molecule has 5 nitrogen and oxygen atoms in total. The Morgan fingerprint density at radius 3 is 2.13 bits per heavy atom. The summed E-state index contributed by atoms with van der Waals surface area (Å²) in [5.41, 5.74) is 7.12. The second kappa shape index (κ2) is 13.0. The first-order chi connectivity index (χ1) is 15.1. The van der Waals surface area contributed by atoms with Gasteiger partial charge in [0.05, 0.1) is 6.54 Å². The van der Waals surface area contributed by atoms with Crippen molar-refractivity contribution in [1.82, 2.24) is 4.57 Å². The maximum atomic E-state index is 9.97. The maximum Gasteiger partial charge on any atom is 0.404 e. The Labute approximate surface area is 184 Å². The molecule has 3 N–H and O–H groups in total. The van der Waals surface area contributed by atoms with Gasteiger partial charge in [0.2, 0.25) is 0 Å². The molecule has 0 aliphatic rings. The molecule has 0 saturated carbocycles. The van der Waals surface area contributed by atoms with Crippen LogP contribution >= 0.6 is 0 Å². The van der Waals surface area contributed by atoms with Crippen molar-refractivity contribution in [1.29, 1.82) is 0 Å². The molecule has 1 amide bonds. The Bertz CT molecular complexity index is 1060. The molecule has 162 valence electrons. The minimum Gasteiger partial charge on any atom is -0.447 e. The third-order valence-electron chi connectivity index (χ3n) is 4.76. The summed E-state index contributed by atoms with van der Waals surface area (Å²) in [6.45, 7) is 4.60. The predicted molar refractivity (Wildman–Crippen MR) is 126 cm³/mol. The Hall–Kier alpha value is -3.41. The van der Waals surface area contributed by atoms with Crippen LogP contribution < -0.4 is 5.73 Å². The topological polar surface area (TPSA) is 77.5 Å². The average molecular weight is 419 g/mol. The van der Waals surface area contributed by atoms with Gasteiger partial charge in [-0.25, -0.2) is 4.79 Å². The van der Waals surface area contributed by atoms with Gasteiger partial charge in [-0.2, -0.15) is 0 Å². The fourth-order valence-electron chi connectivity index (χ4n) is 3.05. The molecule has 1 heterocycles. The van der Waals surface area contributed by atoms with Gasteiger partial charge in [-0.15, -0.1) is 0 Å². The van der Waals surface area contributed by atoms with E-state index < -0.39 is 6.09 Å². The van der Waals surface area contributed by atoms with E-state index in [1.807, 2.05) is 6.92 Å². The first-order valence-electron chi connectivity index (χ1n) is 10.6. The maximum absolute atomic E-state index is 9.97. The largest absolute Gasteiger partial charge is 0.447 e. The summed E-state index contributed by atoms with van der Waals surface area (Å²) >= 11 is 0. The van der Waals surface area contributed by atoms with Crippen LogP contribution in [-0.4, -0.2) is 28.5 Å². The van der Waals surface area contributed by atoms with Crippen LogP contribution in [0.5, 0.6) is 0 Å². The molecule has 3 rings (SSSR count). The first-order valence-corrected chi connectivity index (χ1v) is 10.6. The van der Waals surface area contributed by atoms with E-state index in [0.29, 0.717) is 6.54 Å². The summed E-state index contributed by atoms with van der Waals surface area (Å²) in [7, 11) is 0. The normalized spacial score (nSPS) is 10.8. The Morgan fingerprint density at radius 2 is 1.61 bits per heavy atom. The standard InChI is InChI=1S/C21H19NO.C5H11NO2/c23-17-11-5-3-1-2-4-10-16-22-20-14-8-6-12-18(20)19-13-7-9-15-21(19)22;1-3-4(2)8-5(6)7/h6-9,12-15,23H,3,5,11,16-17H2;4H,3H2,1-2H3,(H2,6,7). The number of aliphatic hydroxyl groups excluding tert-OH is 1. The fourth-order valence-corrected chi connectivity index (χ4v) is 3.05. The number of carbonyl (C=O) groups excluding carboxylic acids is 1. The van der Waals surface area contributed by atoms with Crippen LogP contribution in [0, 0.1) is 23.7 Å². The molecule has 1 atom stereocenters. The lowest BCUT2D eigenvalue weighted by Crippen LogP contribution is -2.19. The summed E-state index contributed by atoms with van der Waals surface area (Å²) in [6, 6.07) is 16.9. The smallest absolute Gasteiger partial charge is 0.404 e. The van der Waals surface area contributed by atoms with Gasteiger partial charge >= 0.3 is 6.09 Å². The molecule has 0 bridgehead atoms. The van der Waals surface area contributed by atoms with Gasteiger partial charge in [0.25, 0.3) is 0 Å². The fraction of sp³-hybridized carbons (Fsp3) is 0.346. The molecule has 0 saturated heterocycles. The van der Waals surface area contributed by atoms with E-state index in [1.54, 1.807) is 6.92 Å². The molecule has 0 fully saturated rings. The highest BCUT2D eigenvalue weighted by molar-refractivity contribution is 6.08. The number of unbranched alkanes of at least 4 members (excludes halogenated alkanes) is 2. The molecule has 2 aromatic carbocycles. The number of benzene rings is 2. The molecule has 0 aliphatic carbocycles. The molecule has 0 aliphatic heterocycles. The second-order valence-electron chi connectivity index (χ2n) is 7.06. The number of primary amides is 1. The van der Waals surface area contributed by atoms with Crippen LogP contribution in [0.3, 0.4) is 0 Å². The van der Waals surface area contributed by atoms with Crippen LogP contribution in [0.25, 0.3) is 21.8 Å². The summed E-state index contributed by atoms with van der Waals surface area (Å²) in [5.74, 6) is 12.0. The molecule has 1 unspecified atom stereocenters. The molecule has 1 aromatic heterocycles. The van der Waals surface area contributed by atoms with Crippen molar-refractivity contribution >= 4 is 27.9 Å². The van der Waals surface area contributed by atoms with E-state index >= 15 is 0 Å². The van der Waals surface area contributed by atoms with Gasteiger partial charge < -0.3 is 20.1 Å². The monoisotopic (exact) mass is 418 g/mol. The summed E-state index contributed by atoms with van der Waals surface area (Å²) < 4.78 is 6.78. The van der Waals surface area contributed by atoms with Gasteiger partial charge in [0.15, 0.2) is 0 Å². The number of ether oxygens (including phenoxy) is 1. The van der Waals surface area contributed by atoms with Crippen molar-refractivity contribution in [2.24, 2.45) is 5.73 Å². The van der Waals surface area contributed by atoms with Crippen molar-refractivity contribution in [2.75, 3.05) is 6.61 Å². The van der Waals surface area contributed by atoms with Crippen molar-refractivity contribution < 1.29 is 14.6 Å². The van der Waals surface area contributed by atoms with Crippen LogP contribution in [0.1, 0.15) is 39.5 Å². The summed E-state index contributed by atoms with van der Waals surface area (Å²) in [6.07, 6.45) is 2.60. The number of nitrogens with two attached hydrogens (primary N) is 1. The Morgan fingerprint density at radius 1 is 1.03 bits per heavy atom. The van der Waals surface area contributed by atoms with Gasteiger partial charge in [0, 0.05) is 34.8 Å². The third-order valence-corrected chi connectivity index (χ3v) is 4.76. The lowest BCUT2D eigenvalue weighted by molar-refractivity contribution is 0.114. The van der Waals surface area contributed by atoms with Crippen LogP contribution in [0.4, 0.5) is 4.79 Å². The summed E-state index contributed by atoms with van der Waals surface area (Å²) in [5, 5.41) is 11.2. The van der Waals surface area contributed by atoms with Crippen LogP contribution in [0.2, 0.25) is 0 Å². The quantitative estimate of drug-likeness (QED) is 0.444. The number of aromatic nitrogens is 1. The number of nitrogens with zero attached hydrogens (tertiary/aromatic N) is 1. The lowest BCUT2D eigenvalue weighted by Gasteiger charge is -2.06. The van der Waals surface area contributed by atoms with Gasteiger partial charge in [0.1, 0.15) is 6.10 Å². The Balaban J connectivity index is 0.000000366. The van der Waals surface area contributed by atoms with E-state index in [2.05, 4.69) is 81.5 Å². The van der Waals surface area contributed by atoms with Crippen molar-refractivity contribution in [3.8, 4) is 23.7 Å². The van der Waals surface area contributed by atoms with E-state index in [9.17, 15) is 4.79 Å². The number of para-hydroxylation sites is 2. The number of hydrogen-bond donors (Lipinski definition) is 2. The zero-order chi connectivity index (χ0) is 22.5. The average Bonchev–Trinajstić information content (AvgIpc) is 3.09. The molecule has 31 heavy (non-hydrogen) atoms. The molecular weight excluding hydrogens is 388 g/mol. The van der Waals surface area contributed by atoms with E-state index in [4.69, 9.17) is 10.8 Å². The highest BCUT2D eigenvalue weighted by Crippen LogP contribution is 2.28. The van der Waals surface area contributed by atoms with Crippen molar-refractivity contribution in [2.45, 2.75) is 52.2 Å². The molecular formula is C26H30N2O3. The van der Waals surface area contributed by atoms with E-state index in [1.165, 1.54) is 21.8 Å². The number of hydrogen-bond acceptors (Lipinski definition) is 3. The Kier molecular flexibility index (Phi) is 10.0. The molecule has 5 heteroatoms. The third kappa shape index (κ3) is 7.41. The highest BCUT2D eigenvalue weighted by Gasteiger charge is 2.07. The van der Waals surface area contributed by atoms with Crippen molar-refractivity contribution in [3.05, 3.63) is 48.5 Å². The number of aliphatic hydroxyl groups is 1. The number of carbonyl (C=O) groups is 1. The minimum atomic E-state index is -0.695. The predicted octanol–water partition coefficient (Wildman–Crippen LogP) is 4.84. The lowest BCUT2D eigenvalue weighted by atomic mass is 10.2. The number of fused-ring (bicyclic) bond motifs is 3. The van der Waals surface area contributed by atoms with Gasteiger partial charge in [-0.1, -0.05) is 55.2 Å². The van der Waals surface area contributed by atoms with Gasteiger partial charge in [-0.05, 0) is 50.2 Å². The number of amides is 1. The molecule has 0 radical (unpaired) electrons. The van der Waals surface area contributed by atoms with Crippen LogP contribution in [0.15, 0.2) is 48.5 Å². The SMILES string of the molecule is CCC(C)OC(N)=O.OCCCCC#CC#CCn1c2ccccc2c2ccccc21. The summed E-state index contributed by atoms with van der Waals surface area (Å²) in [4.78, 5) is 9.97. The van der Waals surface area contributed by atoms with Crippen molar-refractivity contribution in [3.63, 3.8) is 0 Å². The molecule has 0 spiro atoms. The number of rotatable bonds is 6. The first kappa shape index (κ1) is 23.9. The van der Waals surface area contributed by atoms with E-state index in [0.717, 1.165) is 25.7 Å². The zero-order valence-corrected chi connectivity index (χ0v) is 18.2. The van der Waals surface area contributed by atoms with Gasteiger partial charge in [-0.3, -0.25) is 0 Å². The zero-order valence-electron chi connectivity index (χ0n) is 18.2. The minimum absolute atomic E-state index is 0.0486. The van der Waals surface area contributed by atoms with E-state index in [-0.39, 0.29) is 12.7 Å². The highest BCUT2D eigenvalue weighted by atomic mass is 16.6. The second-order valence-corrected chi connectivity index (χ2v) is 7.06. The van der Waals surface area contributed by atoms with Crippen LogP contribution in [-0.2, 0) is 11.3 Å². The molecule has 3 aromatic rings.